The average molecular weight is 249 g/mol. The molecule has 3 nitrogen and oxygen atoms in total. The van der Waals surface area contributed by atoms with E-state index in [1.807, 2.05) is 12.1 Å². The molecule has 0 radical (unpaired) electrons. The van der Waals surface area contributed by atoms with Crippen LogP contribution in [-0.2, 0) is 6.42 Å². The lowest BCUT2D eigenvalue weighted by molar-refractivity contribution is 0.130. The Kier molecular flexibility index (Phi) is 5.00. The number of ether oxygens (including phenoxy) is 1. The van der Waals surface area contributed by atoms with Gasteiger partial charge in [-0.2, -0.15) is 0 Å². The molecule has 0 amide bonds. The number of methoxy groups -OCH3 is 1. The van der Waals surface area contributed by atoms with E-state index in [9.17, 15) is 5.11 Å². The van der Waals surface area contributed by atoms with Gasteiger partial charge in [0.15, 0.2) is 0 Å². The van der Waals surface area contributed by atoms with Crippen molar-refractivity contribution in [3.8, 4) is 5.88 Å². The molecule has 100 valence electrons. The highest BCUT2D eigenvalue weighted by atomic mass is 16.5. The zero-order valence-corrected chi connectivity index (χ0v) is 11.1. The average Bonchev–Trinajstić information content (AvgIpc) is 2.40. The fourth-order valence-electron chi connectivity index (χ4n) is 2.82. The third kappa shape index (κ3) is 3.98. The van der Waals surface area contributed by atoms with Gasteiger partial charge in [0.1, 0.15) is 0 Å². The minimum Gasteiger partial charge on any atom is -0.481 e. The van der Waals surface area contributed by atoms with Crippen LogP contribution < -0.4 is 4.74 Å². The summed E-state index contributed by atoms with van der Waals surface area (Å²) in [5.74, 6) is 1.35. The Morgan fingerprint density at radius 1 is 1.33 bits per heavy atom. The molecule has 0 saturated heterocycles. The van der Waals surface area contributed by atoms with Crippen molar-refractivity contribution < 1.29 is 9.84 Å². The summed E-state index contributed by atoms with van der Waals surface area (Å²) in [7, 11) is 1.61. The Hall–Kier alpha value is -1.09. The molecule has 1 aliphatic rings. The van der Waals surface area contributed by atoms with Gasteiger partial charge in [0, 0.05) is 12.3 Å². The molecule has 1 heterocycles. The Morgan fingerprint density at radius 2 is 2.11 bits per heavy atom. The summed E-state index contributed by atoms with van der Waals surface area (Å²) < 4.78 is 5.02. The topological polar surface area (TPSA) is 42.4 Å². The van der Waals surface area contributed by atoms with Gasteiger partial charge in [-0.1, -0.05) is 38.2 Å². The maximum Gasteiger partial charge on any atom is 0.212 e. The zero-order chi connectivity index (χ0) is 12.8. The van der Waals surface area contributed by atoms with Crippen molar-refractivity contribution in [2.24, 2.45) is 5.92 Å². The molecule has 1 N–H and O–H groups in total. The van der Waals surface area contributed by atoms with Crippen LogP contribution in [-0.4, -0.2) is 23.3 Å². The van der Waals surface area contributed by atoms with Crippen molar-refractivity contribution in [2.75, 3.05) is 7.11 Å². The van der Waals surface area contributed by atoms with E-state index in [-0.39, 0.29) is 6.10 Å². The first-order chi connectivity index (χ1) is 8.78. The first-order valence-corrected chi connectivity index (χ1v) is 6.95. The van der Waals surface area contributed by atoms with Crippen LogP contribution in [0.4, 0.5) is 0 Å². The molecule has 1 aromatic heterocycles. The molecule has 3 heteroatoms. The third-order valence-corrected chi connectivity index (χ3v) is 3.81. The maximum atomic E-state index is 10.1. The fraction of sp³-hybridized carbons (Fsp3) is 0.667. The molecule has 1 saturated carbocycles. The van der Waals surface area contributed by atoms with Gasteiger partial charge in [-0.25, -0.2) is 4.98 Å². The van der Waals surface area contributed by atoms with E-state index in [4.69, 9.17) is 4.74 Å². The Morgan fingerprint density at radius 3 is 2.72 bits per heavy atom. The van der Waals surface area contributed by atoms with Crippen molar-refractivity contribution in [3.05, 3.63) is 23.9 Å². The summed E-state index contributed by atoms with van der Waals surface area (Å²) in [6, 6.07) is 3.83. The molecule has 0 aromatic carbocycles. The molecular formula is C15H23NO2. The minimum absolute atomic E-state index is 0.233. The first-order valence-electron chi connectivity index (χ1n) is 6.95. The maximum absolute atomic E-state index is 10.1. The molecule has 0 bridgehead atoms. The Balaban J connectivity index is 1.80. The molecular weight excluding hydrogens is 226 g/mol. The SMILES string of the molecule is COc1ccc(CC(O)CC2CCCCC2)cn1. The van der Waals surface area contributed by atoms with Crippen LogP contribution in [0, 0.1) is 5.92 Å². The molecule has 1 atom stereocenters. The highest BCUT2D eigenvalue weighted by Crippen LogP contribution is 2.28. The Labute approximate surface area is 109 Å². The molecule has 2 rings (SSSR count). The van der Waals surface area contributed by atoms with E-state index in [0.29, 0.717) is 12.3 Å². The van der Waals surface area contributed by atoms with E-state index < -0.39 is 0 Å². The monoisotopic (exact) mass is 249 g/mol. The standard InChI is InChI=1S/C15H23NO2/c1-18-15-8-7-13(11-16-15)10-14(17)9-12-5-3-2-4-6-12/h7-8,11-12,14,17H,2-6,9-10H2,1H3. The molecule has 1 aromatic rings. The smallest absolute Gasteiger partial charge is 0.212 e. The first kappa shape index (κ1) is 13.3. The second-order valence-electron chi connectivity index (χ2n) is 5.31. The summed E-state index contributed by atoms with van der Waals surface area (Å²) in [5.41, 5.74) is 1.08. The van der Waals surface area contributed by atoms with E-state index in [1.54, 1.807) is 13.3 Å². The van der Waals surface area contributed by atoms with Gasteiger partial charge in [-0.3, -0.25) is 0 Å². The lowest BCUT2D eigenvalue weighted by Gasteiger charge is -2.24. The van der Waals surface area contributed by atoms with Crippen LogP contribution in [0.25, 0.3) is 0 Å². The van der Waals surface area contributed by atoms with Crippen LogP contribution >= 0.6 is 0 Å². The third-order valence-electron chi connectivity index (χ3n) is 3.81. The summed E-state index contributed by atoms with van der Waals surface area (Å²) in [6.07, 6.45) is 9.82. The highest BCUT2D eigenvalue weighted by Gasteiger charge is 2.17. The van der Waals surface area contributed by atoms with E-state index >= 15 is 0 Å². The van der Waals surface area contributed by atoms with Crippen LogP contribution in [0.3, 0.4) is 0 Å². The second-order valence-corrected chi connectivity index (χ2v) is 5.31. The van der Waals surface area contributed by atoms with Crippen molar-refractivity contribution in [1.29, 1.82) is 0 Å². The summed E-state index contributed by atoms with van der Waals surface area (Å²) in [6.45, 7) is 0. The molecule has 1 fully saturated rings. The quantitative estimate of drug-likeness (QED) is 0.872. The van der Waals surface area contributed by atoms with Crippen LogP contribution in [0.15, 0.2) is 18.3 Å². The molecule has 1 aliphatic carbocycles. The van der Waals surface area contributed by atoms with Gasteiger partial charge < -0.3 is 9.84 Å². The number of aromatic nitrogens is 1. The largest absolute Gasteiger partial charge is 0.481 e. The van der Waals surface area contributed by atoms with Crippen LogP contribution in [0.5, 0.6) is 5.88 Å². The second kappa shape index (κ2) is 6.74. The number of aliphatic hydroxyl groups is 1. The van der Waals surface area contributed by atoms with Crippen molar-refractivity contribution >= 4 is 0 Å². The van der Waals surface area contributed by atoms with E-state index in [0.717, 1.165) is 17.9 Å². The highest BCUT2D eigenvalue weighted by molar-refractivity contribution is 5.18. The number of aliphatic hydroxyl groups excluding tert-OH is 1. The normalized spacial score (nSPS) is 18.6. The van der Waals surface area contributed by atoms with Crippen molar-refractivity contribution in [2.45, 2.75) is 51.0 Å². The summed E-state index contributed by atoms with van der Waals surface area (Å²) in [5, 5.41) is 10.1. The molecule has 1 unspecified atom stereocenters. The van der Waals surface area contributed by atoms with Crippen LogP contribution in [0.1, 0.15) is 44.1 Å². The number of rotatable bonds is 5. The molecule has 0 spiro atoms. The number of nitrogens with zero attached hydrogens (tertiary/aromatic N) is 1. The number of hydrogen-bond donors (Lipinski definition) is 1. The van der Waals surface area contributed by atoms with E-state index in [2.05, 4.69) is 4.98 Å². The van der Waals surface area contributed by atoms with Gasteiger partial charge in [0.05, 0.1) is 13.2 Å². The van der Waals surface area contributed by atoms with Gasteiger partial charge in [-0.15, -0.1) is 0 Å². The predicted octanol–water partition coefficient (Wildman–Crippen LogP) is 2.96. The fourth-order valence-corrected chi connectivity index (χ4v) is 2.82. The summed E-state index contributed by atoms with van der Waals surface area (Å²) in [4.78, 5) is 4.16. The molecule has 18 heavy (non-hydrogen) atoms. The van der Waals surface area contributed by atoms with Crippen molar-refractivity contribution in [3.63, 3.8) is 0 Å². The number of hydrogen-bond acceptors (Lipinski definition) is 3. The van der Waals surface area contributed by atoms with Gasteiger partial charge >= 0.3 is 0 Å². The zero-order valence-electron chi connectivity index (χ0n) is 11.1. The number of pyridine rings is 1. The predicted molar refractivity (Wildman–Crippen MR) is 71.7 cm³/mol. The minimum atomic E-state index is -0.233. The van der Waals surface area contributed by atoms with Gasteiger partial charge in [0.25, 0.3) is 0 Å². The van der Waals surface area contributed by atoms with Crippen molar-refractivity contribution in [1.82, 2.24) is 4.98 Å². The van der Waals surface area contributed by atoms with Gasteiger partial charge in [-0.05, 0) is 24.3 Å². The van der Waals surface area contributed by atoms with E-state index in [1.165, 1.54) is 32.1 Å². The molecule has 0 aliphatic heterocycles. The lowest BCUT2D eigenvalue weighted by atomic mass is 9.84. The summed E-state index contributed by atoms with van der Waals surface area (Å²) >= 11 is 0. The Bertz CT molecular complexity index is 344. The van der Waals surface area contributed by atoms with Gasteiger partial charge in [0.2, 0.25) is 5.88 Å². The van der Waals surface area contributed by atoms with Crippen LogP contribution in [0.2, 0.25) is 0 Å². The lowest BCUT2D eigenvalue weighted by Crippen LogP contribution is -2.18.